The first kappa shape index (κ1) is 14.0. The van der Waals surface area contributed by atoms with Crippen molar-refractivity contribution >= 4 is 21.7 Å². The van der Waals surface area contributed by atoms with E-state index in [1.165, 1.54) is 31.4 Å². The highest BCUT2D eigenvalue weighted by molar-refractivity contribution is 7.92. The SMILES string of the molecule is CN(c1cncc(C(=O)O)c1)S(=O)(=O)c1ccccc1. The molecule has 0 saturated heterocycles. The van der Waals surface area contributed by atoms with Gasteiger partial charge >= 0.3 is 5.97 Å². The molecule has 104 valence electrons. The molecule has 0 spiro atoms. The molecule has 2 aromatic rings. The number of aromatic carboxylic acids is 1. The van der Waals surface area contributed by atoms with Crippen molar-refractivity contribution in [3.63, 3.8) is 0 Å². The van der Waals surface area contributed by atoms with E-state index >= 15 is 0 Å². The average Bonchev–Trinajstić information content (AvgIpc) is 2.47. The molecule has 0 saturated carbocycles. The van der Waals surface area contributed by atoms with E-state index in [4.69, 9.17) is 5.11 Å². The zero-order valence-electron chi connectivity index (χ0n) is 10.6. The van der Waals surface area contributed by atoms with Crippen LogP contribution in [0.1, 0.15) is 10.4 Å². The van der Waals surface area contributed by atoms with Gasteiger partial charge in [0.05, 0.1) is 22.3 Å². The number of hydrogen-bond donors (Lipinski definition) is 1. The number of anilines is 1. The van der Waals surface area contributed by atoms with Gasteiger partial charge in [-0.2, -0.15) is 0 Å². The fourth-order valence-corrected chi connectivity index (χ4v) is 2.80. The molecule has 20 heavy (non-hydrogen) atoms. The molecule has 0 aliphatic heterocycles. The third-order valence-electron chi connectivity index (χ3n) is 2.74. The van der Waals surface area contributed by atoms with Crippen molar-refractivity contribution in [3.05, 3.63) is 54.4 Å². The zero-order chi connectivity index (χ0) is 14.8. The number of sulfonamides is 1. The second-order valence-electron chi connectivity index (χ2n) is 4.02. The number of pyridine rings is 1. The molecule has 0 radical (unpaired) electrons. The van der Waals surface area contributed by atoms with Crippen LogP contribution in [0.15, 0.2) is 53.7 Å². The molecule has 0 fully saturated rings. The van der Waals surface area contributed by atoms with E-state index in [0.717, 1.165) is 10.5 Å². The Bertz CT molecular complexity index is 729. The molecule has 1 heterocycles. The molecule has 1 aromatic carbocycles. The Hall–Kier alpha value is -2.41. The van der Waals surface area contributed by atoms with Gasteiger partial charge in [-0.05, 0) is 18.2 Å². The van der Waals surface area contributed by atoms with Gasteiger partial charge in [0, 0.05) is 13.2 Å². The van der Waals surface area contributed by atoms with Crippen LogP contribution in [0.4, 0.5) is 5.69 Å². The fraction of sp³-hybridized carbons (Fsp3) is 0.0769. The van der Waals surface area contributed by atoms with Crippen LogP contribution in [0.2, 0.25) is 0 Å². The van der Waals surface area contributed by atoms with Crippen molar-refractivity contribution in [1.29, 1.82) is 0 Å². The summed E-state index contributed by atoms with van der Waals surface area (Å²) >= 11 is 0. The minimum Gasteiger partial charge on any atom is -0.478 e. The van der Waals surface area contributed by atoms with Gasteiger partial charge < -0.3 is 5.11 Å². The lowest BCUT2D eigenvalue weighted by Gasteiger charge is -2.19. The third-order valence-corrected chi connectivity index (χ3v) is 4.54. The molecular weight excluding hydrogens is 280 g/mol. The molecule has 1 aromatic heterocycles. The Morgan fingerprint density at radius 1 is 1.20 bits per heavy atom. The second kappa shape index (κ2) is 5.30. The van der Waals surface area contributed by atoms with Gasteiger partial charge in [0.2, 0.25) is 0 Å². The van der Waals surface area contributed by atoms with E-state index in [2.05, 4.69) is 4.98 Å². The number of carboxylic acids is 1. The second-order valence-corrected chi connectivity index (χ2v) is 5.99. The number of benzene rings is 1. The normalized spacial score (nSPS) is 11.1. The van der Waals surface area contributed by atoms with Crippen molar-refractivity contribution in [3.8, 4) is 0 Å². The summed E-state index contributed by atoms with van der Waals surface area (Å²) in [5.74, 6) is -1.16. The summed E-state index contributed by atoms with van der Waals surface area (Å²) in [5, 5.41) is 8.90. The Balaban J connectivity index is 2.43. The lowest BCUT2D eigenvalue weighted by atomic mass is 10.3. The van der Waals surface area contributed by atoms with Crippen molar-refractivity contribution in [2.45, 2.75) is 4.90 Å². The summed E-state index contributed by atoms with van der Waals surface area (Å²) < 4.78 is 25.7. The van der Waals surface area contributed by atoms with E-state index in [-0.39, 0.29) is 16.1 Å². The molecule has 1 N–H and O–H groups in total. The van der Waals surface area contributed by atoms with Gasteiger partial charge in [0.1, 0.15) is 0 Å². The maximum absolute atomic E-state index is 12.4. The standard InChI is InChI=1S/C13H12N2O4S/c1-15(11-7-10(13(16)17)8-14-9-11)20(18,19)12-5-3-2-4-6-12/h2-9H,1H3,(H,16,17). The summed E-state index contributed by atoms with van der Waals surface area (Å²) in [7, 11) is -2.38. The van der Waals surface area contributed by atoms with E-state index in [9.17, 15) is 13.2 Å². The third kappa shape index (κ3) is 2.62. The molecular formula is C13H12N2O4S. The topological polar surface area (TPSA) is 87.6 Å². The molecule has 0 bridgehead atoms. The van der Waals surface area contributed by atoms with Gasteiger partial charge in [-0.1, -0.05) is 18.2 Å². The Morgan fingerprint density at radius 3 is 2.45 bits per heavy atom. The smallest absolute Gasteiger partial charge is 0.337 e. The molecule has 0 aliphatic carbocycles. The number of carboxylic acid groups (broad SMARTS) is 1. The summed E-state index contributed by atoms with van der Waals surface area (Å²) in [6, 6.07) is 9.15. The fourth-order valence-electron chi connectivity index (χ4n) is 1.61. The summed E-state index contributed by atoms with van der Waals surface area (Å²) in [6.45, 7) is 0. The van der Waals surface area contributed by atoms with Crippen LogP contribution in [0.25, 0.3) is 0 Å². The lowest BCUT2D eigenvalue weighted by molar-refractivity contribution is 0.0696. The van der Waals surface area contributed by atoms with Crippen molar-refractivity contribution < 1.29 is 18.3 Å². The lowest BCUT2D eigenvalue weighted by Crippen LogP contribution is -2.26. The number of hydrogen-bond acceptors (Lipinski definition) is 4. The van der Waals surface area contributed by atoms with Crippen molar-refractivity contribution in [2.75, 3.05) is 11.4 Å². The van der Waals surface area contributed by atoms with Gasteiger partial charge in [-0.15, -0.1) is 0 Å². The van der Waals surface area contributed by atoms with Gasteiger partial charge in [0.15, 0.2) is 0 Å². The highest BCUT2D eigenvalue weighted by Gasteiger charge is 2.21. The minimum absolute atomic E-state index is 0.0717. The molecule has 6 nitrogen and oxygen atoms in total. The Labute approximate surface area is 116 Å². The van der Waals surface area contributed by atoms with Crippen LogP contribution in [0.5, 0.6) is 0 Å². The molecule has 0 amide bonds. The Kier molecular flexibility index (Phi) is 3.71. The minimum atomic E-state index is -3.73. The largest absolute Gasteiger partial charge is 0.478 e. The molecule has 2 rings (SSSR count). The number of rotatable bonds is 4. The van der Waals surface area contributed by atoms with Crippen LogP contribution in [0.3, 0.4) is 0 Å². The number of nitrogens with zero attached hydrogens (tertiary/aromatic N) is 2. The predicted molar refractivity (Wildman–Crippen MR) is 73.2 cm³/mol. The number of aromatic nitrogens is 1. The zero-order valence-corrected chi connectivity index (χ0v) is 11.4. The first-order valence-electron chi connectivity index (χ1n) is 5.65. The first-order valence-corrected chi connectivity index (χ1v) is 7.09. The maximum Gasteiger partial charge on any atom is 0.337 e. The van der Waals surface area contributed by atoms with E-state index in [0.29, 0.717) is 0 Å². The van der Waals surface area contributed by atoms with Crippen molar-refractivity contribution in [1.82, 2.24) is 4.98 Å². The predicted octanol–water partition coefficient (Wildman–Crippen LogP) is 1.60. The maximum atomic E-state index is 12.4. The van der Waals surface area contributed by atoms with E-state index in [1.54, 1.807) is 18.2 Å². The molecule has 0 aliphatic rings. The Morgan fingerprint density at radius 2 is 1.85 bits per heavy atom. The van der Waals surface area contributed by atoms with Crippen LogP contribution < -0.4 is 4.31 Å². The van der Waals surface area contributed by atoms with Crippen LogP contribution >= 0.6 is 0 Å². The highest BCUT2D eigenvalue weighted by atomic mass is 32.2. The van der Waals surface area contributed by atoms with Crippen LogP contribution in [-0.4, -0.2) is 31.5 Å². The summed E-state index contributed by atoms with van der Waals surface area (Å²) in [6.07, 6.45) is 2.46. The molecule has 0 unspecified atom stereocenters. The van der Waals surface area contributed by atoms with E-state index < -0.39 is 16.0 Å². The summed E-state index contributed by atoms with van der Waals surface area (Å²) in [5.41, 5.74) is 0.117. The van der Waals surface area contributed by atoms with Crippen molar-refractivity contribution in [2.24, 2.45) is 0 Å². The monoisotopic (exact) mass is 292 g/mol. The van der Waals surface area contributed by atoms with E-state index in [1.807, 2.05) is 0 Å². The van der Waals surface area contributed by atoms with Gasteiger partial charge in [0.25, 0.3) is 10.0 Å². The molecule has 7 heteroatoms. The van der Waals surface area contributed by atoms with Gasteiger partial charge in [-0.3, -0.25) is 9.29 Å². The quantitative estimate of drug-likeness (QED) is 0.925. The molecule has 0 atom stereocenters. The summed E-state index contributed by atoms with van der Waals surface area (Å²) in [4.78, 5) is 14.8. The van der Waals surface area contributed by atoms with Crippen LogP contribution in [0, 0.1) is 0 Å². The first-order chi connectivity index (χ1) is 9.43. The van der Waals surface area contributed by atoms with Crippen LogP contribution in [-0.2, 0) is 10.0 Å². The van der Waals surface area contributed by atoms with Gasteiger partial charge in [-0.25, -0.2) is 13.2 Å². The number of carbonyl (C=O) groups is 1. The average molecular weight is 292 g/mol. The highest BCUT2D eigenvalue weighted by Crippen LogP contribution is 2.21.